The van der Waals surface area contributed by atoms with Crippen LogP contribution in [0.4, 0.5) is 5.69 Å². The highest BCUT2D eigenvalue weighted by Crippen LogP contribution is 2.33. The first kappa shape index (κ1) is 21.6. The van der Waals surface area contributed by atoms with Gasteiger partial charge in [-0.25, -0.2) is 0 Å². The molecule has 1 aromatic carbocycles. The van der Waals surface area contributed by atoms with E-state index in [0.717, 1.165) is 34.9 Å². The van der Waals surface area contributed by atoms with Gasteiger partial charge in [0.1, 0.15) is 0 Å². The summed E-state index contributed by atoms with van der Waals surface area (Å²) in [5, 5.41) is 6.29. The number of nitrogens with two attached hydrogens (primary N) is 1. The van der Waals surface area contributed by atoms with Gasteiger partial charge in [0.25, 0.3) is 0 Å². The van der Waals surface area contributed by atoms with Crippen molar-refractivity contribution in [2.24, 2.45) is 5.92 Å². The maximum Gasteiger partial charge on any atom is 0.220 e. The van der Waals surface area contributed by atoms with Crippen LogP contribution in [-0.4, -0.2) is 25.5 Å². The molecule has 0 fully saturated rings. The van der Waals surface area contributed by atoms with Crippen molar-refractivity contribution < 1.29 is 4.79 Å². The Labute approximate surface area is 157 Å². The summed E-state index contributed by atoms with van der Waals surface area (Å²) in [4.78, 5) is 14.2. The molecule has 0 bridgehead atoms. The van der Waals surface area contributed by atoms with E-state index in [1.165, 1.54) is 5.56 Å². The van der Waals surface area contributed by atoms with Crippen LogP contribution >= 0.6 is 11.8 Å². The van der Waals surface area contributed by atoms with Crippen LogP contribution in [0.2, 0.25) is 0 Å². The number of rotatable bonds is 11. The number of aryl methyl sites for hydroxylation is 1. The molecule has 0 aliphatic carbocycles. The average molecular weight is 364 g/mol. The van der Waals surface area contributed by atoms with Gasteiger partial charge >= 0.3 is 0 Å². The Bertz CT molecular complexity index is 574. The van der Waals surface area contributed by atoms with Crippen molar-refractivity contribution in [3.63, 3.8) is 0 Å². The van der Waals surface area contributed by atoms with Crippen molar-refractivity contribution in [3.05, 3.63) is 35.2 Å². The second-order valence-electron chi connectivity index (χ2n) is 6.48. The lowest BCUT2D eigenvalue weighted by Crippen LogP contribution is -2.45. The number of allylic oxidation sites excluding steroid dienone is 1. The molecule has 0 saturated heterocycles. The zero-order valence-electron chi connectivity index (χ0n) is 16.0. The Balaban J connectivity index is 2.51. The third kappa shape index (κ3) is 7.53. The fraction of sp³-hybridized carbons (Fsp3) is 0.550. The summed E-state index contributed by atoms with van der Waals surface area (Å²) in [6.45, 7) is 11.3. The van der Waals surface area contributed by atoms with Crippen LogP contribution in [0.15, 0.2) is 34.6 Å². The van der Waals surface area contributed by atoms with E-state index in [1.807, 2.05) is 19.2 Å². The molecular formula is C20H33N3OS. The lowest BCUT2D eigenvalue weighted by molar-refractivity contribution is -0.122. The zero-order chi connectivity index (χ0) is 18.8. The van der Waals surface area contributed by atoms with Crippen molar-refractivity contribution >= 4 is 23.4 Å². The standard InChI is InChI=1S/C20H33N3OS/c1-6-14(3)18(13-22-5)23-20(24)11-8-15(4)25-19-12-16(7-2)9-10-17(19)21/h9-10,12,14,18,22H,4,6-8,11,13,21H2,1-3,5H3,(H,23,24). The van der Waals surface area contributed by atoms with Gasteiger partial charge in [-0.15, -0.1) is 0 Å². The first-order valence-corrected chi connectivity index (χ1v) is 9.90. The normalized spacial score (nSPS) is 13.3. The van der Waals surface area contributed by atoms with Crippen LogP contribution in [0.25, 0.3) is 0 Å². The number of carbonyl (C=O) groups excluding carboxylic acids is 1. The summed E-state index contributed by atoms with van der Waals surface area (Å²) >= 11 is 1.57. The van der Waals surface area contributed by atoms with Gasteiger partial charge in [-0.05, 0) is 48.4 Å². The molecule has 0 heterocycles. The van der Waals surface area contributed by atoms with E-state index in [-0.39, 0.29) is 11.9 Å². The van der Waals surface area contributed by atoms with Gasteiger partial charge in [-0.1, -0.05) is 51.6 Å². The van der Waals surface area contributed by atoms with Crippen LogP contribution in [0, 0.1) is 5.92 Å². The molecule has 4 N–H and O–H groups in total. The van der Waals surface area contributed by atoms with Crippen LogP contribution in [0.5, 0.6) is 0 Å². The number of nitrogen functional groups attached to an aromatic ring is 1. The van der Waals surface area contributed by atoms with E-state index in [1.54, 1.807) is 11.8 Å². The van der Waals surface area contributed by atoms with Crippen molar-refractivity contribution in [1.29, 1.82) is 0 Å². The lowest BCUT2D eigenvalue weighted by atomic mass is 9.99. The molecule has 2 atom stereocenters. The van der Waals surface area contributed by atoms with Crippen molar-refractivity contribution in [2.45, 2.75) is 57.4 Å². The van der Waals surface area contributed by atoms with E-state index in [9.17, 15) is 4.79 Å². The molecule has 140 valence electrons. The number of nitrogens with one attached hydrogen (secondary N) is 2. The summed E-state index contributed by atoms with van der Waals surface area (Å²) in [5.41, 5.74) is 8.07. The van der Waals surface area contributed by atoms with Crippen LogP contribution in [-0.2, 0) is 11.2 Å². The quantitative estimate of drug-likeness (QED) is 0.411. The monoisotopic (exact) mass is 363 g/mol. The third-order valence-electron chi connectivity index (χ3n) is 4.47. The number of amides is 1. The predicted octanol–water partition coefficient (Wildman–Crippen LogP) is 3.97. The molecule has 0 aliphatic heterocycles. The maximum absolute atomic E-state index is 12.3. The topological polar surface area (TPSA) is 67.2 Å². The van der Waals surface area contributed by atoms with Gasteiger partial charge < -0.3 is 16.4 Å². The molecule has 0 spiro atoms. The minimum absolute atomic E-state index is 0.0811. The number of carbonyl (C=O) groups is 1. The van der Waals surface area contributed by atoms with E-state index >= 15 is 0 Å². The molecule has 1 amide bonds. The second kappa shape index (κ2) is 11.2. The highest BCUT2D eigenvalue weighted by molar-refractivity contribution is 8.03. The van der Waals surface area contributed by atoms with Gasteiger partial charge in [-0.3, -0.25) is 4.79 Å². The summed E-state index contributed by atoms with van der Waals surface area (Å²) < 4.78 is 0. The van der Waals surface area contributed by atoms with E-state index in [4.69, 9.17) is 5.73 Å². The summed E-state index contributed by atoms with van der Waals surface area (Å²) in [5.74, 6) is 0.531. The molecule has 1 aromatic rings. The van der Waals surface area contributed by atoms with E-state index < -0.39 is 0 Å². The van der Waals surface area contributed by atoms with Crippen molar-refractivity contribution in [1.82, 2.24) is 10.6 Å². The molecule has 0 radical (unpaired) electrons. The number of hydrogen-bond acceptors (Lipinski definition) is 4. The SMILES string of the molecule is C=C(CCC(=O)NC(CNC)C(C)CC)Sc1cc(CC)ccc1N. The van der Waals surface area contributed by atoms with Crippen LogP contribution in [0.3, 0.4) is 0 Å². The Hall–Kier alpha value is -1.46. The van der Waals surface area contributed by atoms with Gasteiger partial charge in [0.05, 0.1) is 0 Å². The first-order valence-electron chi connectivity index (χ1n) is 9.09. The number of likely N-dealkylation sites (N-methyl/N-ethyl adjacent to an activating group) is 1. The molecule has 0 saturated carbocycles. The van der Waals surface area contributed by atoms with Crippen molar-refractivity contribution in [2.75, 3.05) is 19.3 Å². The van der Waals surface area contributed by atoms with E-state index in [0.29, 0.717) is 18.8 Å². The van der Waals surface area contributed by atoms with E-state index in [2.05, 4.69) is 44.1 Å². The molecule has 25 heavy (non-hydrogen) atoms. The fourth-order valence-corrected chi connectivity index (χ4v) is 3.44. The van der Waals surface area contributed by atoms with Crippen molar-refractivity contribution in [3.8, 4) is 0 Å². The van der Waals surface area contributed by atoms with Crippen LogP contribution < -0.4 is 16.4 Å². The molecule has 2 unspecified atom stereocenters. The van der Waals surface area contributed by atoms with Gasteiger partial charge in [0.2, 0.25) is 5.91 Å². The Kier molecular flexibility index (Phi) is 9.68. The molecule has 0 aliphatic rings. The number of benzene rings is 1. The maximum atomic E-state index is 12.3. The molecular weight excluding hydrogens is 330 g/mol. The predicted molar refractivity (Wildman–Crippen MR) is 110 cm³/mol. The Morgan fingerprint density at radius 3 is 2.64 bits per heavy atom. The second-order valence-corrected chi connectivity index (χ2v) is 7.70. The molecule has 0 aromatic heterocycles. The van der Waals surface area contributed by atoms with Crippen LogP contribution in [0.1, 0.15) is 45.6 Å². The smallest absolute Gasteiger partial charge is 0.220 e. The number of hydrogen-bond donors (Lipinski definition) is 3. The Morgan fingerprint density at radius 2 is 2.04 bits per heavy atom. The first-order chi connectivity index (χ1) is 11.9. The lowest BCUT2D eigenvalue weighted by Gasteiger charge is -2.24. The minimum atomic E-state index is 0.0811. The highest BCUT2D eigenvalue weighted by Gasteiger charge is 2.17. The summed E-state index contributed by atoms with van der Waals surface area (Å²) in [7, 11) is 1.91. The molecule has 4 nitrogen and oxygen atoms in total. The fourth-order valence-electron chi connectivity index (χ4n) is 2.52. The summed E-state index contributed by atoms with van der Waals surface area (Å²) in [6.07, 6.45) is 3.13. The molecule has 1 rings (SSSR count). The average Bonchev–Trinajstić information content (AvgIpc) is 2.60. The van der Waals surface area contributed by atoms with Gasteiger partial charge in [-0.2, -0.15) is 0 Å². The number of anilines is 1. The van der Waals surface area contributed by atoms with Gasteiger partial charge in [0, 0.05) is 29.6 Å². The summed E-state index contributed by atoms with van der Waals surface area (Å²) in [6, 6.07) is 6.26. The number of thioether (sulfide) groups is 1. The third-order valence-corrected chi connectivity index (χ3v) is 5.54. The molecule has 5 heteroatoms. The Morgan fingerprint density at radius 1 is 1.32 bits per heavy atom. The van der Waals surface area contributed by atoms with Gasteiger partial charge in [0.15, 0.2) is 0 Å². The zero-order valence-corrected chi connectivity index (χ0v) is 16.8. The highest BCUT2D eigenvalue weighted by atomic mass is 32.2. The minimum Gasteiger partial charge on any atom is -0.398 e. The largest absolute Gasteiger partial charge is 0.398 e.